The number of furan rings is 1. The normalized spacial score (nSPS) is 29.7. The SMILES string of the molecule is O=C(O[C@H]1C[N+]2(CCCc3ccccc3)CCC1CC2)[C@](O)(c1ccco1)C1CCCC1. The molecule has 0 radical (unpaired) electrons. The zero-order valence-corrected chi connectivity index (χ0v) is 19.0. The zero-order valence-electron chi connectivity index (χ0n) is 19.0. The van der Waals surface area contributed by atoms with Crippen LogP contribution in [0.15, 0.2) is 53.1 Å². The Bertz CT molecular complexity index is 882. The molecular weight excluding hydrogens is 402 g/mol. The smallest absolute Gasteiger partial charge is 0.346 e. The van der Waals surface area contributed by atoms with Gasteiger partial charge in [0.2, 0.25) is 5.60 Å². The fourth-order valence-electron chi connectivity index (χ4n) is 6.47. The molecule has 4 aliphatic rings. The predicted octanol–water partition coefficient (Wildman–Crippen LogP) is 4.44. The van der Waals surface area contributed by atoms with E-state index in [2.05, 4.69) is 30.3 Å². The second-order valence-corrected chi connectivity index (χ2v) is 10.3. The third-order valence-electron chi connectivity index (χ3n) is 8.39. The fourth-order valence-corrected chi connectivity index (χ4v) is 6.47. The Morgan fingerprint density at radius 3 is 2.50 bits per heavy atom. The van der Waals surface area contributed by atoms with E-state index in [0.29, 0.717) is 11.7 Å². The number of aliphatic hydroxyl groups is 1. The van der Waals surface area contributed by atoms with E-state index < -0.39 is 11.6 Å². The quantitative estimate of drug-likeness (QED) is 0.489. The largest absolute Gasteiger partial charge is 0.466 e. The van der Waals surface area contributed by atoms with Crippen LogP contribution < -0.4 is 0 Å². The van der Waals surface area contributed by atoms with Crippen LogP contribution in [0, 0.1) is 11.8 Å². The summed E-state index contributed by atoms with van der Waals surface area (Å²) >= 11 is 0. The van der Waals surface area contributed by atoms with Gasteiger partial charge in [-0.05, 0) is 37.0 Å². The zero-order chi connectivity index (χ0) is 22.0. The minimum Gasteiger partial charge on any atom is -0.466 e. The van der Waals surface area contributed by atoms with Crippen molar-refractivity contribution < 1.29 is 23.5 Å². The van der Waals surface area contributed by atoms with Crippen LogP contribution in [0.5, 0.6) is 0 Å². The van der Waals surface area contributed by atoms with Crippen LogP contribution in [-0.4, -0.2) is 47.8 Å². The third-order valence-corrected chi connectivity index (χ3v) is 8.39. The first kappa shape index (κ1) is 21.7. The Labute approximate surface area is 191 Å². The number of fused-ring (bicyclic) bond motifs is 3. The number of piperidine rings is 3. The molecule has 1 aromatic carbocycles. The minimum atomic E-state index is -1.66. The van der Waals surface area contributed by atoms with E-state index in [1.54, 1.807) is 12.1 Å². The lowest BCUT2D eigenvalue weighted by atomic mass is 9.81. The molecule has 6 rings (SSSR count). The van der Waals surface area contributed by atoms with Gasteiger partial charge in [-0.25, -0.2) is 4.79 Å². The first-order chi connectivity index (χ1) is 15.6. The molecule has 3 aliphatic heterocycles. The van der Waals surface area contributed by atoms with Crippen molar-refractivity contribution in [1.29, 1.82) is 0 Å². The lowest BCUT2D eigenvalue weighted by molar-refractivity contribution is -0.946. The molecule has 1 N–H and O–H groups in total. The molecule has 4 fully saturated rings. The molecule has 5 nitrogen and oxygen atoms in total. The van der Waals surface area contributed by atoms with Crippen LogP contribution in [0.1, 0.15) is 56.3 Å². The molecule has 32 heavy (non-hydrogen) atoms. The number of nitrogens with zero attached hydrogens (tertiary/aromatic N) is 1. The molecule has 2 aromatic rings. The van der Waals surface area contributed by atoms with Crippen molar-refractivity contribution in [2.24, 2.45) is 11.8 Å². The van der Waals surface area contributed by atoms with Crippen molar-refractivity contribution in [3.63, 3.8) is 0 Å². The average molecular weight is 439 g/mol. The van der Waals surface area contributed by atoms with Crippen molar-refractivity contribution in [3.8, 4) is 0 Å². The summed E-state index contributed by atoms with van der Waals surface area (Å²) in [5.74, 6) is 0.122. The van der Waals surface area contributed by atoms with E-state index in [1.807, 2.05) is 0 Å². The Kier molecular flexibility index (Phi) is 6.13. The molecule has 1 aromatic heterocycles. The van der Waals surface area contributed by atoms with Gasteiger partial charge in [0.15, 0.2) is 6.10 Å². The van der Waals surface area contributed by atoms with E-state index in [1.165, 1.54) is 24.9 Å². The maximum absolute atomic E-state index is 13.5. The highest BCUT2D eigenvalue weighted by atomic mass is 16.6. The number of ether oxygens (including phenoxy) is 1. The highest BCUT2D eigenvalue weighted by Crippen LogP contribution is 2.43. The van der Waals surface area contributed by atoms with Gasteiger partial charge in [0, 0.05) is 31.1 Å². The van der Waals surface area contributed by atoms with E-state index in [0.717, 1.165) is 68.9 Å². The number of esters is 1. The molecule has 2 atom stereocenters. The minimum absolute atomic E-state index is 0.107. The first-order valence-electron chi connectivity index (χ1n) is 12.5. The highest BCUT2D eigenvalue weighted by molar-refractivity contribution is 5.81. The molecule has 1 saturated carbocycles. The van der Waals surface area contributed by atoms with E-state index in [9.17, 15) is 9.90 Å². The van der Waals surface area contributed by atoms with Gasteiger partial charge in [0.05, 0.1) is 25.9 Å². The average Bonchev–Trinajstić information content (AvgIpc) is 3.55. The molecule has 0 amide bonds. The van der Waals surface area contributed by atoms with Gasteiger partial charge in [0.25, 0.3) is 0 Å². The van der Waals surface area contributed by atoms with E-state index >= 15 is 0 Å². The third kappa shape index (κ3) is 4.13. The van der Waals surface area contributed by atoms with Crippen molar-refractivity contribution in [2.75, 3.05) is 26.2 Å². The molecule has 172 valence electrons. The number of carbonyl (C=O) groups is 1. The molecule has 5 heteroatoms. The molecule has 1 aliphatic carbocycles. The summed E-state index contributed by atoms with van der Waals surface area (Å²) in [5, 5.41) is 11.6. The van der Waals surface area contributed by atoms with Crippen LogP contribution in [0.4, 0.5) is 0 Å². The lowest BCUT2D eigenvalue weighted by Gasteiger charge is -2.52. The number of quaternary nitrogens is 1. The van der Waals surface area contributed by atoms with Crippen LogP contribution in [0.25, 0.3) is 0 Å². The van der Waals surface area contributed by atoms with Crippen molar-refractivity contribution in [3.05, 3.63) is 60.1 Å². The molecule has 3 saturated heterocycles. The van der Waals surface area contributed by atoms with E-state index in [-0.39, 0.29) is 12.0 Å². The van der Waals surface area contributed by atoms with Gasteiger partial charge in [-0.3, -0.25) is 0 Å². The van der Waals surface area contributed by atoms with Crippen molar-refractivity contribution in [2.45, 2.75) is 63.1 Å². The Balaban J connectivity index is 1.26. The maximum Gasteiger partial charge on any atom is 0.346 e. The van der Waals surface area contributed by atoms with Crippen molar-refractivity contribution in [1.82, 2.24) is 0 Å². The monoisotopic (exact) mass is 438 g/mol. The first-order valence-corrected chi connectivity index (χ1v) is 12.5. The Hall–Kier alpha value is -2.11. The summed E-state index contributed by atoms with van der Waals surface area (Å²) in [4.78, 5) is 13.5. The molecule has 0 spiro atoms. The van der Waals surface area contributed by atoms with Gasteiger partial charge in [-0.15, -0.1) is 0 Å². The van der Waals surface area contributed by atoms with Crippen LogP contribution >= 0.6 is 0 Å². The number of hydrogen-bond acceptors (Lipinski definition) is 4. The lowest BCUT2D eigenvalue weighted by Crippen LogP contribution is -2.65. The summed E-state index contributed by atoms with van der Waals surface area (Å²) in [6, 6.07) is 14.1. The summed E-state index contributed by atoms with van der Waals surface area (Å²) < 4.78 is 12.7. The summed E-state index contributed by atoms with van der Waals surface area (Å²) in [6.07, 6.45) is 9.61. The maximum atomic E-state index is 13.5. The number of aryl methyl sites for hydroxylation is 1. The summed E-state index contributed by atoms with van der Waals surface area (Å²) in [6.45, 7) is 4.36. The standard InChI is InChI=1S/C27H36NO4/c29-26(27(30,23-11-4-5-12-23)25-13-7-19-31-25)32-24-20-28(17-14-22(24)15-18-28)16-6-10-21-8-2-1-3-9-21/h1-3,7-9,13,19,22-24,30H,4-6,10-12,14-18,20H2/q+1/t22?,24-,27+,28?/m0/s1. The van der Waals surface area contributed by atoms with E-state index in [4.69, 9.17) is 9.15 Å². The number of benzene rings is 1. The van der Waals surface area contributed by atoms with Crippen molar-refractivity contribution >= 4 is 5.97 Å². The Morgan fingerprint density at radius 1 is 1.06 bits per heavy atom. The van der Waals surface area contributed by atoms with Crippen LogP contribution in [0.2, 0.25) is 0 Å². The van der Waals surface area contributed by atoms with Gasteiger partial charge in [-0.2, -0.15) is 0 Å². The number of carbonyl (C=O) groups excluding carboxylic acids is 1. The topological polar surface area (TPSA) is 59.7 Å². The fraction of sp³-hybridized carbons (Fsp3) is 0.593. The van der Waals surface area contributed by atoms with Crippen LogP contribution in [-0.2, 0) is 21.6 Å². The molecule has 2 bridgehead atoms. The van der Waals surface area contributed by atoms with Crippen LogP contribution in [0.3, 0.4) is 0 Å². The summed E-state index contributed by atoms with van der Waals surface area (Å²) in [5.41, 5.74) is -0.273. The van der Waals surface area contributed by atoms with Gasteiger partial charge in [0.1, 0.15) is 12.3 Å². The second-order valence-electron chi connectivity index (χ2n) is 10.3. The second kappa shape index (κ2) is 9.03. The van der Waals surface area contributed by atoms with Gasteiger partial charge >= 0.3 is 5.97 Å². The molecule has 0 unspecified atom stereocenters. The highest BCUT2D eigenvalue weighted by Gasteiger charge is 2.53. The Morgan fingerprint density at radius 2 is 1.81 bits per heavy atom. The molecule has 4 heterocycles. The van der Waals surface area contributed by atoms with Gasteiger partial charge < -0.3 is 18.7 Å². The molecular formula is C27H36NO4+. The number of rotatable bonds is 8. The number of hydrogen-bond donors (Lipinski definition) is 1. The van der Waals surface area contributed by atoms with Gasteiger partial charge in [-0.1, -0.05) is 43.2 Å². The predicted molar refractivity (Wildman–Crippen MR) is 122 cm³/mol. The summed E-state index contributed by atoms with van der Waals surface area (Å²) in [7, 11) is 0.